The van der Waals surface area contributed by atoms with Gasteiger partial charge in [-0.1, -0.05) is 12.1 Å². The Bertz CT molecular complexity index is 691. The van der Waals surface area contributed by atoms with Crippen molar-refractivity contribution in [3.05, 3.63) is 60.2 Å². The molecule has 3 aromatic rings. The van der Waals surface area contributed by atoms with Gasteiger partial charge in [-0.2, -0.15) is 0 Å². The van der Waals surface area contributed by atoms with Crippen LogP contribution < -0.4 is 4.90 Å². The van der Waals surface area contributed by atoms with Gasteiger partial charge in [0.15, 0.2) is 0 Å². The summed E-state index contributed by atoms with van der Waals surface area (Å²) >= 11 is 0. The Labute approximate surface area is 110 Å². The van der Waals surface area contributed by atoms with E-state index in [0.29, 0.717) is 6.54 Å². The molecule has 0 aliphatic heterocycles. The number of hydrogen-bond acceptors (Lipinski definition) is 3. The highest BCUT2D eigenvalue weighted by Gasteiger charge is 2.09. The van der Waals surface area contributed by atoms with Gasteiger partial charge in [-0.3, -0.25) is 0 Å². The fraction of sp³-hybridized carbons (Fsp3) is 0.133. The zero-order chi connectivity index (χ0) is 13.2. The molecule has 0 saturated heterocycles. The summed E-state index contributed by atoms with van der Waals surface area (Å²) in [4.78, 5) is 6.40. The Morgan fingerprint density at radius 2 is 1.95 bits per heavy atom. The minimum absolute atomic E-state index is 0.221. The number of rotatable bonds is 3. The first-order valence-corrected chi connectivity index (χ1v) is 6.02. The van der Waals surface area contributed by atoms with Crippen LogP contribution in [0, 0.1) is 5.82 Å². The molecule has 2 aromatic heterocycles. The van der Waals surface area contributed by atoms with Crippen LogP contribution in [0.2, 0.25) is 0 Å². The minimum Gasteiger partial charge on any atom is -0.464 e. The lowest BCUT2D eigenvalue weighted by atomic mass is 10.2. The third-order valence-electron chi connectivity index (χ3n) is 3.05. The molecule has 0 fully saturated rings. The molecule has 3 rings (SSSR count). The zero-order valence-corrected chi connectivity index (χ0v) is 10.5. The molecule has 0 N–H and O–H groups in total. The summed E-state index contributed by atoms with van der Waals surface area (Å²) in [5, 5.41) is 0.979. The smallest absolute Gasteiger partial charge is 0.139 e. The molecule has 0 aliphatic carbocycles. The van der Waals surface area contributed by atoms with Gasteiger partial charge < -0.3 is 9.32 Å². The number of aromatic nitrogens is 1. The average molecular weight is 256 g/mol. The molecule has 0 aliphatic rings. The van der Waals surface area contributed by atoms with Gasteiger partial charge in [0.1, 0.15) is 17.2 Å². The highest BCUT2D eigenvalue weighted by Crippen LogP contribution is 2.25. The second-order valence-corrected chi connectivity index (χ2v) is 4.45. The number of nitrogens with zero attached hydrogens (tertiary/aromatic N) is 2. The molecule has 0 saturated carbocycles. The molecule has 3 nitrogen and oxygen atoms in total. The van der Waals surface area contributed by atoms with E-state index < -0.39 is 0 Å². The molecule has 0 unspecified atom stereocenters. The summed E-state index contributed by atoms with van der Waals surface area (Å²) in [5.74, 6) is 0.636. The molecule has 96 valence electrons. The van der Waals surface area contributed by atoms with Gasteiger partial charge in [0.05, 0.1) is 11.6 Å². The lowest BCUT2D eigenvalue weighted by Gasteiger charge is -2.18. The van der Waals surface area contributed by atoms with E-state index in [1.165, 1.54) is 12.1 Å². The predicted octanol–water partition coefficient (Wildman–Crippen LogP) is 3.60. The number of benzene rings is 1. The molecule has 0 amide bonds. The Morgan fingerprint density at radius 1 is 1.16 bits per heavy atom. The quantitative estimate of drug-likeness (QED) is 0.717. The van der Waals surface area contributed by atoms with Crippen LogP contribution in [0.4, 0.5) is 10.2 Å². The maximum Gasteiger partial charge on any atom is 0.139 e. The fourth-order valence-corrected chi connectivity index (χ4v) is 2.12. The highest BCUT2D eigenvalue weighted by atomic mass is 19.1. The van der Waals surface area contributed by atoms with Crippen LogP contribution in [0.25, 0.3) is 11.0 Å². The third-order valence-corrected chi connectivity index (χ3v) is 3.05. The molecular formula is C15H13FN2O. The molecule has 0 atom stereocenters. The SMILES string of the molecule is CN(Cc1ccc(F)cc1)c1nccc2occc12. The third kappa shape index (κ3) is 2.29. The summed E-state index contributed by atoms with van der Waals surface area (Å²) in [6, 6.07) is 10.2. The van der Waals surface area contributed by atoms with Crippen LogP contribution in [-0.2, 0) is 6.54 Å². The van der Waals surface area contributed by atoms with Gasteiger partial charge in [0.2, 0.25) is 0 Å². The number of anilines is 1. The van der Waals surface area contributed by atoms with Crippen LogP contribution in [0.15, 0.2) is 53.3 Å². The Morgan fingerprint density at radius 3 is 2.74 bits per heavy atom. The Kier molecular flexibility index (Phi) is 2.91. The molecule has 0 radical (unpaired) electrons. The normalized spacial score (nSPS) is 10.8. The summed E-state index contributed by atoms with van der Waals surface area (Å²) in [6.07, 6.45) is 3.38. The van der Waals surface area contributed by atoms with Gasteiger partial charge in [0.25, 0.3) is 0 Å². The molecule has 0 bridgehead atoms. The van der Waals surface area contributed by atoms with Gasteiger partial charge in [-0.15, -0.1) is 0 Å². The van der Waals surface area contributed by atoms with Crippen molar-refractivity contribution in [1.82, 2.24) is 4.98 Å². The summed E-state index contributed by atoms with van der Waals surface area (Å²) in [7, 11) is 1.96. The maximum absolute atomic E-state index is 12.9. The monoisotopic (exact) mass is 256 g/mol. The van der Waals surface area contributed by atoms with Crippen molar-refractivity contribution < 1.29 is 8.81 Å². The van der Waals surface area contributed by atoms with E-state index in [4.69, 9.17) is 4.42 Å². The second-order valence-electron chi connectivity index (χ2n) is 4.45. The number of pyridine rings is 1. The van der Waals surface area contributed by atoms with Crippen LogP contribution in [-0.4, -0.2) is 12.0 Å². The average Bonchev–Trinajstić information content (AvgIpc) is 2.89. The van der Waals surface area contributed by atoms with E-state index in [1.54, 1.807) is 24.6 Å². The van der Waals surface area contributed by atoms with Crippen LogP contribution >= 0.6 is 0 Å². The number of halogens is 1. The second kappa shape index (κ2) is 4.72. The molecular weight excluding hydrogens is 243 g/mol. The lowest BCUT2D eigenvalue weighted by molar-refractivity contribution is 0.615. The Balaban J connectivity index is 1.89. The van der Waals surface area contributed by atoms with Gasteiger partial charge in [-0.25, -0.2) is 9.37 Å². The molecule has 4 heteroatoms. The van der Waals surface area contributed by atoms with Crippen molar-refractivity contribution in [1.29, 1.82) is 0 Å². The van der Waals surface area contributed by atoms with E-state index >= 15 is 0 Å². The largest absolute Gasteiger partial charge is 0.464 e. The first kappa shape index (κ1) is 11.7. The van der Waals surface area contributed by atoms with Gasteiger partial charge >= 0.3 is 0 Å². The lowest BCUT2D eigenvalue weighted by Crippen LogP contribution is -2.17. The van der Waals surface area contributed by atoms with Crippen molar-refractivity contribution in [2.75, 3.05) is 11.9 Å². The minimum atomic E-state index is -0.221. The summed E-state index contributed by atoms with van der Waals surface area (Å²) in [5.41, 5.74) is 1.85. The van der Waals surface area contributed by atoms with Crippen molar-refractivity contribution >= 4 is 16.8 Å². The highest BCUT2D eigenvalue weighted by molar-refractivity contribution is 5.88. The predicted molar refractivity (Wildman–Crippen MR) is 72.5 cm³/mol. The number of furan rings is 1. The van der Waals surface area contributed by atoms with Crippen molar-refractivity contribution in [3.63, 3.8) is 0 Å². The first-order chi connectivity index (χ1) is 9.24. The molecule has 1 aromatic carbocycles. The topological polar surface area (TPSA) is 29.3 Å². The maximum atomic E-state index is 12.9. The van der Waals surface area contributed by atoms with E-state index in [0.717, 1.165) is 22.4 Å². The fourth-order valence-electron chi connectivity index (χ4n) is 2.12. The number of fused-ring (bicyclic) bond motifs is 1. The molecule has 0 spiro atoms. The van der Waals surface area contributed by atoms with E-state index in [9.17, 15) is 4.39 Å². The molecule has 19 heavy (non-hydrogen) atoms. The van der Waals surface area contributed by atoms with E-state index in [-0.39, 0.29) is 5.82 Å². The summed E-state index contributed by atoms with van der Waals surface area (Å²) in [6.45, 7) is 0.664. The van der Waals surface area contributed by atoms with E-state index in [2.05, 4.69) is 4.98 Å². The van der Waals surface area contributed by atoms with Crippen LogP contribution in [0.3, 0.4) is 0 Å². The first-order valence-electron chi connectivity index (χ1n) is 6.02. The van der Waals surface area contributed by atoms with Crippen LogP contribution in [0.1, 0.15) is 5.56 Å². The molecule has 2 heterocycles. The summed E-state index contributed by atoms with van der Waals surface area (Å²) < 4.78 is 18.2. The number of hydrogen-bond donors (Lipinski definition) is 0. The van der Waals surface area contributed by atoms with Gasteiger partial charge in [-0.05, 0) is 29.8 Å². The van der Waals surface area contributed by atoms with Crippen molar-refractivity contribution in [3.8, 4) is 0 Å². The van der Waals surface area contributed by atoms with Crippen LogP contribution in [0.5, 0.6) is 0 Å². The van der Waals surface area contributed by atoms with Crippen molar-refractivity contribution in [2.45, 2.75) is 6.54 Å². The van der Waals surface area contributed by atoms with Crippen molar-refractivity contribution in [2.24, 2.45) is 0 Å². The van der Waals surface area contributed by atoms with E-state index in [1.807, 2.05) is 24.1 Å². The zero-order valence-electron chi connectivity index (χ0n) is 10.5. The van der Waals surface area contributed by atoms with Gasteiger partial charge in [0, 0.05) is 19.8 Å². The Hall–Kier alpha value is -2.36. The standard InChI is InChI=1S/C15H13FN2O/c1-18(10-11-2-4-12(16)5-3-11)15-13-7-9-19-14(13)6-8-17-15/h2-9H,10H2,1H3.